The minimum absolute atomic E-state index is 0.0524. The van der Waals surface area contributed by atoms with E-state index in [4.69, 9.17) is 10.4 Å². The van der Waals surface area contributed by atoms with Gasteiger partial charge in [0.1, 0.15) is 11.9 Å². The van der Waals surface area contributed by atoms with Crippen LogP contribution < -0.4 is 0 Å². The Bertz CT molecular complexity index is 441. The van der Waals surface area contributed by atoms with Gasteiger partial charge in [0.15, 0.2) is 0 Å². The van der Waals surface area contributed by atoms with E-state index in [1.165, 1.54) is 12.5 Å². The second-order valence-electron chi connectivity index (χ2n) is 3.81. The molecule has 17 heavy (non-hydrogen) atoms. The highest BCUT2D eigenvalue weighted by Crippen LogP contribution is 2.10. The number of rotatable bonds is 5. The molecule has 1 N–H and O–H groups in total. The fourth-order valence-electron chi connectivity index (χ4n) is 1.34. The molecule has 0 saturated carbocycles. The van der Waals surface area contributed by atoms with Crippen molar-refractivity contribution in [2.75, 3.05) is 7.05 Å². The molecule has 0 radical (unpaired) electrons. The van der Waals surface area contributed by atoms with Crippen LogP contribution in [0.2, 0.25) is 0 Å². The number of nitriles is 1. The number of nitrogens with zero attached hydrogens (tertiary/aromatic N) is 4. The third-order valence-electron chi connectivity index (χ3n) is 2.56. The summed E-state index contributed by atoms with van der Waals surface area (Å²) in [6.45, 7) is 2.29. The molecule has 6 nitrogen and oxygen atoms in total. The Morgan fingerprint density at radius 2 is 2.41 bits per heavy atom. The molecule has 90 valence electrons. The molecule has 1 heterocycles. The zero-order chi connectivity index (χ0) is 12.8. The molecular weight excluding hydrogens is 220 g/mol. The Hall–Kier alpha value is -2.00. The number of aromatic nitrogens is 2. The van der Waals surface area contributed by atoms with Crippen molar-refractivity contribution in [3.05, 3.63) is 23.8 Å². The molecule has 1 atom stereocenters. The van der Waals surface area contributed by atoms with Crippen molar-refractivity contribution in [3.63, 3.8) is 0 Å². The number of hydrogen-bond donors (Lipinski definition) is 1. The summed E-state index contributed by atoms with van der Waals surface area (Å²) in [5, 5.41) is 17.6. The van der Waals surface area contributed by atoms with Gasteiger partial charge in [-0.05, 0) is 14.0 Å². The lowest BCUT2D eigenvalue weighted by molar-refractivity contribution is 0.0693. The molecule has 1 aromatic rings. The first-order chi connectivity index (χ1) is 8.06. The molecule has 0 aliphatic heterocycles. The van der Waals surface area contributed by atoms with Crippen LogP contribution in [-0.4, -0.2) is 39.0 Å². The van der Waals surface area contributed by atoms with Crippen molar-refractivity contribution in [3.8, 4) is 6.07 Å². The summed E-state index contributed by atoms with van der Waals surface area (Å²) < 4.78 is 0. The Kier molecular flexibility index (Phi) is 4.55. The van der Waals surface area contributed by atoms with Gasteiger partial charge < -0.3 is 5.11 Å². The normalized spacial score (nSPS) is 12.1. The lowest BCUT2D eigenvalue weighted by Crippen LogP contribution is -2.29. The van der Waals surface area contributed by atoms with E-state index in [0.29, 0.717) is 18.7 Å². The Morgan fingerprint density at radius 1 is 1.71 bits per heavy atom. The third kappa shape index (κ3) is 3.50. The summed E-state index contributed by atoms with van der Waals surface area (Å²) in [5.41, 5.74) is 0.559. The first-order valence-electron chi connectivity index (χ1n) is 5.15. The fraction of sp³-hybridized carbons (Fsp3) is 0.455. The molecular formula is C11H14N4O2. The molecule has 0 aromatic carbocycles. The zero-order valence-electron chi connectivity index (χ0n) is 9.79. The van der Waals surface area contributed by atoms with Gasteiger partial charge >= 0.3 is 5.97 Å². The average Bonchev–Trinajstić information content (AvgIpc) is 2.29. The SMILES string of the molecule is CC(CC#N)N(C)Cc1ncncc1C(=O)O. The summed E-state index contributed by atoms with van der Waals surface area (Å²) in [6, 6.07) is 2.13. The van der Waals surface area contributed by atoms with Crippen LogP contribution in [0.3, 0.4) is 0 Å². The molecule has 0 fully saturated rings. The maximum atomic E-state index is 10.9. The lowest BCUT2D eigenvalue weighted by Gasteiger charge is -2.22. The molecule has 0 aliphatic rings. The average molecular weight is 234 g/mol. The predicted octanol–water partition coefficient (Wildman–Crippen LogP) is 0.909. The zero-order valence-corrected chi connectivity index (χ0v) is 9.79. The Balaban J connectivity index is 2.81. The summed E-state index contributed by atoms with van der Waals surface area (Å²) in [6.07, 6.45) is 3.00. The lowest BCUT2D eigenvalue weighted by atomic mass is 10.2. The quantitative estimate of drug-likeness (QED) is 0.814. The van der Waals surface area contributed by atoms with Crippen molar-refractivity contribution in [1.82, 2.24) is 14.9 Å². The van der Waals surface area contributed by atoms with Crippen LogP contribution in [0.25, 0.3) is 0 Å². The van der Waals surface area contributed by atoms with Crippen molar-refractivity contribution >= 4 is 5.97 Å². The van der Waals surface area contributed by atoms with Gasteiger partial charge in [-0.2, -0.15) is 5.26 Å². The molecule has 0 spiro atoms. The summed E-state index contributed by atoms with van der Waals surface area (Å²) in [5.74, 6) is -1.04. The molecule has 1 aromatic heterocycles. The third-order valence-corrected chi connectivity index (χ3v) is 2.56. The second kappa shape index (κ2) is 5.92. The van der Waals surface area contributed by atoms with Gasteiger partial charge in [0.25, 0.3) is 0 Å². The topological polar surface area (TPSA) is 90.1 Å². The fourth-order valence-corrected chi connectivity index (χ4v) is 1.34. The van der Waals surface area contributed by atoms with Crippen LogP contribution in [0, 0.1) is 11.3 Å². The highest BCUT2D eigenvalue weighted by Gasteiger charge is 2.15. The first kappa shape index (κ1) is 13.1. The van der Waals surface area contributed by atoms with Gasteiger partial charge in [-0.3, -0.25) is 4.90 Å². The molecule has 1 rings (SSSR count). The summed E-state index contributed by atoms with van der Waals surface area (Å²) >= 11 is 0. The molecule has 0 bridgehead atoms. The number of hydrogen-bond acceptors (Lipinski definition) is 5. The van der Waals surface area contributed by atoms with Crippen molar-refractivity contribution < 1.29 is 9.90 Å². The minimum Gasteiger partial charge on any atom is -0.478 e. The number of carbonyl (C=O) groups is 1. The molecule has 1 unspecified atom stereocenters. The van der Waals surface area contributed by atoms with Crippen LogP contribution in [-0.2, 0) is 6.54 Å². The van der Waals surface area contributed by atoms with Gasteiger partial charge in [0.2, 0.25) is 0 Å². The van der Waals surface area contributed by atoms with E-state index in [2.05, 4.69) is 16.0 Å². The van der Waals surface area contributed by atoms with Crippen molar-refractivity contribution in [1.29, 1.82) is 5.26 Å². The van der Waals surface area contributed by atoms with E-state index in [1.54, 1.807) is 0 Å². The van der Waals surface area contributed by atoms with Gasteiger partial charge in [-0.25, -0.2) is 14.8 Å². The van der Waals surface area contributed by atoms with E-state index in [9.17, 15) is 4.79 Å². The van der Waals surface area contributed by atoms with Gasteiger partial charge in [-0.1, -0.05) is 0 Å². The summed E-state index contributed by atoms with van der Waals surface area (Å²) in [7, 11) is 1.83. The predicted molar refractivity (Wildman–Crippen MR) is 60.2 cm³/mol. The maximum absolute atomic E-state index is 10.9. The standard InChI is InChI=1S/C11H14N4O2/c1-8(3-4-12)15(2)6-10-9(11(16)17)5-13-7-14-10/h5,7-8H,3,6H2,1-2H3,(H,16,17). The Morgan fingerprint density at radius 3 is 3.00 bits per heavy atom. The van der Waals surface area contributed by atoms with Gasteiger partial charge in [0.05, 0.1) is 18.2 Å². The van der Waals surface area contributed by atoms with E-state index < -0.39 is 5.97 Å². The molecule has 0 aliphatic carbocycles. The second-order valence-corrected chi connectivity index (χ2v) is 3.81. The molecule has 6 heteroatoms. The largest absolute Gasteiger partial charge is 0.478 e. The van der Waals surface area contributed by atoms with E-state index in [0.717, 1.165) is 0 Å². The van der Waals surface area contributed by atoms with Crippen LogP contribution >= 0.6 is 0 Å². The van der Waals surface area contributed by atoms with Crippen molar-refractivity contribution in [2.45, 2.75) is 25.9 Å². The smallest absolute Gasteiger partial charge is 0.339 e. The summed E-state index contributed by atoms with van der Waals surface area (Å²) in [4.78, 5) is 20.5. The number of aromatic carboxylic acids is 1. The van der Waals surface area contributed by atoms with Crippen LogP contribution in [0.4, 0.5) is 0 Å². The minimum atomic E-state index is -1.04. The van der Waals surface area contributed by atoms with Crippen molar-refractivity contribution in [2.24, 2.45) is 0 Å². The monoisotopic (exact) mass is 234 g/mol. The van der Waals surface area contributed by atoms with Crippen LogP contribution in [0.1, 0.15) is 29.4 Å². The Labute approximate surface area is 99.5 Å². The highest BCUT2D eigenvalue weighted by molar-refractivity contribution is 5.88. The number of carboxylic acids is 1. The van der Waals surface area contributed by atoms with E-state index in [1.807, 2.05) is 18.9 Å². The van der Waals surface area contributed by atoms with Gasteiger partial charge in [0, 0.05) is 18.8 Å². The maximum Gasteiger partial charge on any atom is 0.339 e. The van der Waals surface area contributed by atoms with E-state index in [-0.39, 0.29) is 11.6 Å². The molecule has 0 saturated heterocycles. The van der Waals surface area contributed by atoms with Crippen LogP contribution in [0.15, 0.2) is 12.5 Å². The highest BCUT2D eigenvalue weighted by atomic mass is 16.4. The van der Waals surface area contributed by atoms with Gasteiger partial charge in [-0.15, -0.1) is 0 Å². The van der Waals surface area contributed by atoms with Crippen LogP contribution in [0.5, 0.6) is 0 Å². The molecule has 0 amide bonds. The number of carboxylic acid groups (broad SMARTS) is 1. The van der Waals surface area contributed by atoms with E-state index >= 15 is 0 Å². The first-order valence-corrected chi connectivity index (χ1v) is 5.15.